The lowest BCUT2D eigenvalue weighted by Gasteiger charge is -2.27. The Morgan fingerprint density at radius 1 is 1.32 bits per heavy atom. The highest BCUT2D eigenvalue weighted by molar-refractivity contribution is 5.97. The minimum atomic E-state index is -0.132. The van der Waals surface area contributed by atoms with Gasteiger partial charge in [0, 0.05) is 30.3 Å². The van der Waals surface area contributed by atoms with Crippen molar-refractivity contribution in [3.63, 3.8) is 0 Å². The van der Waals surface area contributed by atoms with Crippen LogP contribution >= 0.6 is 0 Å². The number of nitrogens with zero attached hydrogens (tertiary/aromatic N) is 1. The van der Waals surface area contributed by atoms with E-state index in [0.29, 0.717) is 17.3 Å². The molecule has 19 heavy (non-hydrogen) atoms. The Hall–Kier alpha value is -1.84. The van der Waals surface area contributed by atoms with Crippen LogP contribution in [0.3, 0.4) is 0 Å². The summed E-state index contributed by atoms with van der Waals surface area (Å²) in [5.41, 5.74) is 1.30. The van der Waals surface area contributed by atoms with E-state index < -0.39 is 0 Å². The molecule has 0 aliphatic heterocycles. The number of amides is 2. The van der Waals surface area contributed by atoms with Crippen molar-refractivity contribution in [2.45, 2.75) is 45.7 Å². The quantitative estimate of drug-likeness (QED) is 0.904. The first-order chi connectivity index (χ1) is 8.99. The van der Waals surface area contributed by atoms with Gasteiger partial charge in [-0.15, -0.1) is 0 Å². The number of nitrogens with one attached hydrogen (secondary N) is 1. The lowest BCUT2D eigenvalue weighted by molar-refractivity contribution is -0.114. The second-order valence-electron chi connectivity index (χ2n) is 5.30. The van der Waals surface area contributed by atoms with Gasteiger partial charge in [0.2, 0.25) is 5.91 Å². The van der Waals surface area contributed by atoms with Crippen LogP contribution in [0.4, 0.5) is 5.69 Å². The van der Waals surface area contributed by atoms with Crippen LogP contribution in [0.5, 0.6) is 0 Å². The highest BCUT2D eigenvalue weighted by Crippen LogP contribution is 2.30. The maximum atomic E-state index is 12.5. The highest BCUT2D eigenvalue weighted by Gasteiger charge is 2.34. The molecule has 0 spiro atoms. The molecule has 1 aliphatic carbocycles. The molecule has 0 heterocycles. The largest absolute Gasteiger partial charge is 0.333 e. The number of anilines is 1. The lowest BCUT2D eigenvalue weighted by Crippen LogP contribution is -2.38. The van der Waals surface area contributed by atoms with Crippen LogP contribution in [0.2, 0.25) is 0 Å². The van der Waals surface area contributed by atoms with Gasteiger partial charge in [0.15, 0.2) is 0 Å². The molecule has 4 heteroatoms. The Kier molecular flexibility index (Phi) is 3.88. The van der Waals surface area contributed by atoms with Crippen molar-refractivity contribution in [2.75, 3.05) is 5.32 Å². The minimum absolute atomic E-state index is 0.0460. The molecule has 1 fully saturated rings. The number of hydrogen-bond acceptors (Lipinski definition) is 2. The topological polar surface area (TPSA) is 49.4 Å². The number of benzene rings is 1. The van der Waals surface area contributed by atoms with E-state index in [1.807, 2.05) is 18.7 Å². The van der Waals surface area contributed by atoms with E-state index in [1.165, 1.54) is 6.92 Å². The fourth-order valence-electron chi connectivity index (χ4n) is 2.26. The monoisotopic (exact) mass is 260 g/mol. The smallest absolute Gasteiger partial charge is 0.254 e. The van der Waals surface area contributed by atoms with E-state index in [9.17, 15) is 9.59 Å². The van der Waals surface area contributed by atoms with E-state index in [-0.39, 0.29) is 17.9 Å². The molecule has 1 aromatic carbocycles. The van der Waals surface area contributed by atoms with Gasteiger partial charge in [-0.3, -0.25) is 9.59 Å². The second kappa shape index (κ2) is 5.43. The fourth-order valence-corrected chi connectivity index (χ4v) is 2.26. The molecule has 0 bridgehead atoms. The van der Waals surface area contributed by atoms with E-state index >= 15 is 0 Å². The zero-order valence-electron chi connectivity index (χ0n) is 11.6. The normalized spacial score (nSPS) is 14.3. The number of rotatable bonds is 4. The molecule has 1 aromatic rings. The third kappa shape index (κ3) is 3.34. The second-order valence-corrected chi connectivity index (χ2v) is 5.30. The van der Waals surface area contributed by atoms with Crippen molar-refractivity contribution in [3.05, 3.63) is 29.8 Å². The van der Waals surface area contributed by atoms with Gasteiger partial charge >= 0.3 is 0 Å². The van der Waals surface area contributed by atoms with Crippen LogP contribution in [0.15, 0.2) is 24.3 Å². The van der Waals surface area contributed by atoms with Crippen molar-refractivity contribution in [1.29, 1.82) is 0 Å². The number of hydrogen-bond donors (Lipinski definition) is 1. The van der Waals surface area contributed by atoms with Gasteiger partial charge in [0.25, 0.3) is 5.91 Å². The Bertz CT molecular complexity index is 491. The fraction of sp³-hybridized carbons (Fsp3) is 0.467. The predicted octanol–water partition coefficient (Wildman–Crippen LogP) is 2.66. The van der Waals surface area contributed by atoms with E-state index in [2.05, 4.69) is 5.32 Å². The minimum Gasteiger partial charge on any atom is -0.333 e. The number of carbonyl (C=O) groups excluding carboxylic acids is 2. The Morgan fingerprint density at radius 3 is 2.53 bits per heavy atom. The zero-order chi connectivity index (χ0) is 14.0. The summed E-state index contributed by atoms with van der Waals surface area (Å²) in [5, 5.41) is 2.70. The summed E-state index contributed by atoms with van der Waals surface area (Å²) in [4.78, 5) is 25.5. The van der Waals surface area contributed by atoms with Gasteiger partial charge in [0.1, 0.15) is 0 Å². The van der Waals surface area contributed by atoms with Crippen LogP contribution < -0.4 is 5.32 Å². The van der Waals surface area contributed by atoms with Crippen molar-refractivity contribution in [1.82, 2.24) is 4.90 Å². The first kappa shape index (κ1) is 13.6. The van der Waals surface area contributed by atoms with Gasteiger partial charge in [-0.25, -0.2) is 0 Å². The molecular weight excluding hydrogens is 240 g/mol. The maximum absolute atomic E-state index is 12.5. The Morgan fingerprint density at radius 2 is 2.00 bits per heavy atom. The SMILES string of the molecule is CC(=O)Nc1cccc(C(=O)N(C(C)C)C2CC2)c1. The average Bonchev–Trinajstić information content (AvgIpc) is 3.12. The number of carbonyl (C=O) groups is 2. The zero-order valence-corrected chi connectivity index (χ0v) is 11.6. The molecule has 2 rings (SSSR count). The molecule has 0 saturated heterocycles. The van der Waals surface area contributed by atoms with Crippen LogP contribution in [0.1, 0.15) is 44.0 Å². The Labute approximate surface area is 113 Å². The summed E-state index contributed by atoms with van der Waals surface area (Å²) in [6.07, 6.45) is 2.19. The van der Waals surface area contributed by atoms with Gasteiger partial charge in [0.05, 0.1) is 0 Å². The summed E-state index contributed by atoms with van der Waals surface area (Å²) in [6.45, 7) is 5.53. The third-order valence-electron chi connectivity index (χ3n) is 3.16. The molecule has 0 radical (unpaired) electrons. The van der Waals surface area contributed by atoms with Crippen molar-refractivity contribution in [2.24, 2.45) is 0 Å². The summed E-state index contributed by atoms with van der Waals surface area (Å²) in [6, 6.07) is 7.70. The maximum Gasteiger partial charge on any atom is 0.254 e. The molecule has 0 aromatic heterocycles. The van der Waals surface area contributed by atoms with Crippen LogP contribution in [0, 0.1) is 0 Å². The van der Waals surface area contributed by atoms with Gasteiger partial charge < -0.3 is 10.2 Å². The highest BCUT2D eigenvalue weighted by atomic mass is 16.2. The molecular formula is C15H20N2O2. The first-order valence-corrected chi connectivity index (χ1v) is 6.69. The standard InChI is InChI=1S/C15H20N2O2/c1-10(2)17(14-7-8-14)15(19)12-5-4-6-13(9-12)16-11(3)18/h4-6,9-10,14H,7-8H2,1-3H3,(H,16,18). The molecule has 4 nitrogen and oxygen atoms in total. The van der Waals surface area contributed by atoms with Crippen LogP contribution in [-0.4, -0.2) is 28.8 Å². The summed E-state index contributed by atoms with van der Waals surface area (Å²) < 4.78 is 0. The van der Waals surface area contributed by atoms with Crippen molar-refractivity contribution in [3.8, 4) is 0 Å². The molecule has 0 atom stereocenters. The molecule has 1 N–H and O–H groups in total. The van der Waals surface area contributed by atoms with Crippen LogP contribution in [-0.2, 0) is 4.79 Å². The predicted molar refractivity (Wildman–Crippen MR) is 75.1 cm³/mol. The molecule has 1 saturated carbocycles. The van der Waals surface area contributed by atoms with E-state index in [0.717, 1.165) is 12.8 Å². The lowest BCUT2D eigenvalue weighted by atomic mass is 10.1. The van der Waals surface area contributed by atoms with Crippen LogP contribution in [0.25, 0.3) is 0 Å². The molecule has 0 unspecified atom stereocenters. The molecule has 2 amide bonds. The third-order valence-corrected chi connectivity index (χ3v) is 3.16. The van der Waals surface area contributed by atoms with Crippen molar-refractivity contribution >= 4 is 17.5 Å². The van der Waals surface area contributed by atoms with Gasteiger partial charge in [-0.1, -0.05) is 6.07 Å². The summed E-state index contributed by atoms with van der Waals surface area (Å²) in [7, 11) is 0. The first-order valence-electron chi connectivity index (χ1n) is 6.69. The average molecular weight is 260 g/mol. The summed E-state index contributed by atoms with van der Waals surface area (Å²) >= 11 is 0. The van der Waals surface area contributed by atoms with Crippen molar-refractivity contribution < 1.29 is 9.59 Å². The Balaban J connectivity index is 2.20. The van der Waals surface area contributed by atoms with Gasteiger partial charge in [-0.2, -0.15) is 0 Å². The van der Waals surface area contributed by atoms with Gasteiger partial charge in [-0.05, 0) is 44.9 Å². The van der Waals surface area contributed by atoms with E-state index in [4.69, 9.17) is 0 Å². The summed E-state index contributed by atoms with van der Waals surface area (Å²) in [5.74, 6) is -0.0859. The molecule has 1 aliphatic rings. The molecule has 102 valence electrons. The van der Waals surface area contributed by atoms with E-state index in [1.54, 1.807) is 24.3 Å².